The van der Waals surface area contributed by atoms with Crippen molar-refractivity contribution in [3.8, 4) is 0 Å². The fourth-order valence-electron chi connectivity index (χ4n) is 1.88. The van der Waals surface area contributed by atoms with E-state index in [1.54, 1.807) is 0 Å². The largest absolute Gasteiger partial charge is 0.416 e. The molecule has 0 bridgehead atoms. The third-order valence-electron chi connectivity index (χ3n) is 2.87. The summed E-state index contributed by atoms with van der Waals surface area (Å²) in [7, 11) is 0. The summed E-state index contributed by atoms with van der Waals surface area (Å²) in [5.74, 6) is -3.52. The van der Waals surface area contributed by atoms with E-state index >= 15 is 0 Å². The highest BCUT2D eigenvalue weighted by Crippen LogP contribution is 2.37. The number of hydrogen-bond acceptors (Lipinski definition) is 1. The smallest absolute Gasteiger partial charge is 0.384 e. The van der Waals surface area contributed by atoms with Gasteiger partial charge in [0.05, 0.1) is 5.56 Å². The summed E-state index contributed by atoms with van der Waals surface area (Å²) in [6, 6.07) is 3.74. The van der Waals surface area contributed by atoms with E-state index in [2.05, 4.69) is 0 Å². The molecule has 0 amide bonds. The van der Waals surface area contributed by atoms with Gasteiger partial charge in [-0.1, -0.05) is 6.07 Å². The molecule has 0 saturated heterocycles. The lowest BCUT2D eigenvalue weighted by atomic mass is 9.96. The van der Waals surface area contributed by atoms with Crippen molar-refractivity contribution < 1.29 is 31.4 Å². The van der Waals surface area contributed by atoms with E-state index in [-0.39, 0.29) is 5.56 Å². The lowest BCUT2D eigenvalue weighted by Gasteiger charge is -2.18. The highest BCUT2D eigenvalue weighted by molar-refractivity contribution is 5.38. The van der Waals surface area contributed by atoms with Crippen LogP contribution in [0.5, 0.6) is 0 Å². The second kappa shape index (κ2) is 5.40. The van der Waals surface area contributed by atoms with Crippen molar-refractivity contribution in [1.82, 2.24) is 0 Å². The predicted molar refractivity (Wildman–Crippen MR) is 61.8 cm³/mol. The van der Waals surface area contributed by atoms with Crippen LogP contribution in [0, 0.1) is 17.5 Å². The molecule has 112 valence electrons. The Bertz CT molecular complexity index is 665. The zero-order chi connectivity index (χ0) is 15.8. The van der Waals surface area contributed by atoms with Crippen LogP contribution < -0.4 is 0 Å². The summed E-state index contributed by atoms with van der Waals surface area (Å²) in [5, 5.41) is 9.92. The molecule has 21 heavy (non-hydrogen) atoms. The van der Waals surface area contributed by atoms with Crippen molar-refractivity contribution in [1.29, 1.82) is 0 Å². The van der Waals surface area contributed by atoms with Gasteiger partial charge < -0.3 is 5.11 Å². The molecule has 0 heterocycles. The predicted octanol–water partition coefficient (Wildman–Crippen LogP) is 4.20. The molecular weight excluding hydrogens is 298 g/mol. The molecule has 2 rings (SSSR count). The molecule has 1 unspecified atom stereocenters. The highest BCUT2D eigenvalue weighted by Gasteiger charge is 2.35. The molecule has 0 radical (unpaired) electrons. The van der Waals surface area contributed by atoms with Gasteiger partial charge in [-0.25, -0.2) is 13.2 Å². The van der Waals surface area contributed by atoms with Gasteiger partial charge >= 0.3 is 6.18 Å². The molecule has 0 fully saturated rings. The van der Waals surface area contributed by atoms with Crippen LogP contribution in [-0.4, -0.2) is 5.11 Å². The standard InChI is InChI=1S/C14H8F6O/c15-8-2-3-10(14(18,19)20)9(6-8)13(21)7-1-4-11(16)12(17)5-7/h1-6,13,21H. The molecule has 0 aliphatic rings. The lowest BCUT2D eigenvalue weighted by Crippen LogP contribution is -2.13. The molecular formula is C14H8F6O. The van der Waals surface area contributed by atoms with Crippen LogP contribution in [0.4, 0.5) is 26.3 Å². The van der Waals surface area contributed by atoms with Crippen LogP contribution in [0.2, 0.25) is 0 Å². The molecule has 1 N–H and O–H groups in total. The third-order valence-corrected chi connectivity index (χ3v) is 2.87. The van der Waals surface area contributed by atoms with E-state index in [1.165, 1.54) is 0 Å². The molecule has 1 atom stereocenters. The van der Waals surface area contributed by atoms with E-state index in [0.29, 0.717) is 30.3 Å². The first kappa shape index (κ1) is 15.4. The normalized spacial score (nSPS) is 13.3. The number of benzene rings is 2. The van der Waals surface area contributed by atoms with Gasteiger partial charge in [-0.05, 0) is 35.9 Å². The monoisotopic (exact) mass is 306 g/mol. The number of aliphatic hydroxyl groups is 1. The minimum Gasteiger partial charge on any atom is -0.384 e. The molecule has 0 aromatic heterocycles. The molecule has 1 nitrogen and oxygen atoms in total. The number of aliphatic hydroxyl groups excluding tert-OH is 1. The van der Waals surface area contributed by atoms with Gasteiger partial charge in [0.15, 0.2) is 11.6 Å². The van der Waals surface area contributed by atoms with Crippen molar-refractivity contribution in [3.63, 3.8) is 0 Å². The van der Waals surface area contributed by atoms with Crippen molar-refractivity contribution >= 4 is 0 Å². The molecule has 2 aromatic rings. The zero-order valence-electron chi connectivity index (χ0n) is 10.3. The van der Waals surface area contributed by atoms with Gasteiger partial charge in [0.1, 0.15) is 11.9 Å². The van der Waals surface area contributed by atoms with Crippen molar-refractivity contribution in [2.24, 2.45) is 0 Å². The van der Waals surface area contributed by atoms with Crippen LogP contribution in [0.15, 0.2) is 36.4 Å². The number of hydrogen-bond donors (Lipinski definition) is 1. The van der Waals surface area contributed by atoms with Crippen molar-refractivity contribution in [2.45, 2.75) is 12.3 Å². The summed E-state index contributed by atoms with van der Waals surface area (Å²) in [6.07, 6.45) is -6.75. The Labute approximate surface area is 115 Å². The average Bonchev–Trinajstić information content (AvgIpc) is 2.39. The summed E-state index contributed by atoms with van der Waals surface area (Å²) >= 11 is 0. The molecule has 2 aromatic carbocycles. The Hall–Kier alpha value is -2.02. The first-order valence-corrected chi connectivity index (χ1v) is 5.70. The van der Waals surface area contributed by atoms with E-state index in [9.17, 15) is 31.4 Å². The molecule has 7 heteroatoms. The van der Waals surface area contributed by atoms with Gasteiger partial charge in [-0.15, -0.1) is 0 Å². The fraction of sp³-hybridized carbons (Fsp3) is 0.143. The van der Waals surface area contributed by atoms with Gasteiger partial charge in [0, 0.05) is 5.56 Å². The highest BCUT2D eigenvalue weighted by atomic mass is 19.4. The van der Waals surface area contributed by atoms with E-state index in [4.69, 9.17) is 0 Å². The van der Waals surface area contributed by atoms with Gasteiger partial charge in [-0.3, -0.25) is 0 Å². The fourth-order valence-corrected chi connectivity index (χ4v) is 1.88. The van der Waals surface area contributed by atoms with Crippen LogP contribution in [-0.2, 0) is 6.18 Å². The van der Waals surface area contributed by atoms with Crippen LogP contribution >= 0.6 is 0 Å². The Balaban J connectivity index is 2.54. The topological polar surface area (TPSA) is 20.2 Å². The van der Waals surface area contributed by atoms with E-state index < -0.39 is 40.9 Å². The second-order valence-electron chi connectivity index (χ2n) is 4.31. The number of halogens is 6. The summed E-state index contributed by atoms with van der Waals surface area (Å²) in [4.78, 5) is 0. The van der Waals surface area contributed by atoms with Gasteiger partial charge in [-0.2, -0.15) is 13.2 Å². The Kier molecular flexibility index (Phi) is 3.95. The van der Waals surface area contributed by atoms with Gasteiger partial charge in [0.25, 0.3) is 0 Å². The quantitative estimate of drug-likeness (QED) is 0.824. The average molecular weight is 306 g/mol. The summed E-state index contributed by atoms with van der Waals surface area (Å²) in [6.45, 7) is 0. The molecule has 0 aliphatic carbocycles. The Morgan fingerprint density at radius 3 is 2.10 bits per heavy atom. The van der Waals surface area contributed by atoms with Crippen LogP contribution in [0.25, 0.3) is 0 Å². The van der Waals surface area contributed by atoms with Crippen molar-refractivity contribution in [3.05, 3.63) is 70.5 Å². The minimum atomic E-state index is -4.82. The maximum Gasteiger partial charge on any atom is 0.416 e. The Morgan fingerprint density at radius 2 is 1.52 bits per heavy atom. The summed E-state index contributed by atoms with van der Waals surface area (Å²) in [5.41, 5.74) is -2.33. The first-order chi connectivity index (χ1) is 9.70. The first-order valence-electron chi connectivity index (χ1n) is 5.70. The molecule has 0 saturated carbocycles. The maximum atomic E-state index is 13.1. The summed E-state index contributed by atoms with van der Waals surface area (Å²) < 4.78 is 77.5. The van der Waals surface area contributed by atoms with Crippen molar-refractivity contribution in [2.75, 3.05) is 0 Å². The number of alkyl halides is 3. The lowest BCUT2D eigenvalue weighted by molar-refractivity contribution is -0.139. The molecule has 0 spiro atoms. The van der Waals surface area contributed by atoms with Crippen LogP contribution in [0.3, 0.4) is 0 Å². The van der Waals surface area contributed by atoms with Gasteiger partial charge in [0.2, 0.25) is 0 Å². The second-order valence-corrected chi connectivity index (χ2v) is 4.31. The maximum absolute atomic E-state index is 13.1. The van der Waals surface area contributed by atoms with E-state index in [1.807, 2.05) is 0 Å². The molecule has 0 aliphatic heterocycles. The SMILES string of the molecule is OC(c1ccc(F)c(F)c1)c1cc(F)ccc1C(F)(F)F. The third kappa shape index (κ3) is 3.18. The number of rotatable bonds is 2. The Morgan fingerprint density at radius 1 is 0.857 bits per heavy atom. The van der Waals surface area contributed by atoms with Crippen LogP contribution in [0.1, 0.15) is 22.8 Å². The minimum absolute atomic E-state index is 0.315. The zero-order valence-corrected chi connectivity index (χ0v) is 10.3. The van der Waals surface area contributed by atoms with E-state index in [0.717, 1.165) is 6.07 Å².